The van der Waals surface area contributed by atoms with Crippen molar-refractivity contribution in [1.29, 1.82) is 0 Å². The summed E-state index contributed by atoms with van der Waals surface area (Å²) in [4.78, 5) is 22.7. The lowest BCUT2D eigenvalue weighted by Crippen LogP contribution is -2.11. The first-order chi connectivity index (χ1) is 12.4. The van der Waals surface area contributed by atoms with E-state index in [0.29, 0.717) is 23.9 Å². The van der Waals surface area contributed by atoms with E-state index >= 15 is 0 Å². The molecule has 0 unspecified atom stereocenters. The summed E-state index contributed by atoms with van der Waals surface area (Å²) in [5, 5.41) is 4.06. The summed E-state index contributed by atoms with van der Waals surface area (Å²) in [7, 11) is 0. The molecule has 0 saturated carbocycles. The van der Waals surface area contributed by atoms with Crippen LogP contribution in [0.15, 0.2) is 18.2 Å². The van der Waals surface area contributed by atoms with Crippen molar-refractivity contribution >= 4 is 50.6 Å². The quantitative estimate of drug-likeness (QED) is 0.621. The second kappa shape index (κ2) is 7.55. The van der Waals surface area contributed by atoms with Gasteiger partial charge < -0.3 is 10.1 Å². The number of carbonyl (C=O) groups excluding carboxylic acids is 1. The van der Waals surface area contributed by atoms with E-state index in [4.69, 9.17) is 16.3 Å². The molecule has 0 amide bonds. The highest BCUT2D eigenvalue weighted by Crippen LogP contribution is 2.35. The summed E-state index contributed by atoms with van der Waals surface area (Å²) in [5.74, 6) is 0.0509. The Labute approximate surface area is 159 Å². The zero-order valence-corrected chi connectivity index (χ0v) is 16.1. The lowest BCUT2D eigenvalue weighted by molar-refractivity contribution is -0.142. The third-order valence-corrected chi connectivity index (χ3v) is 5.26. The second-order valence-electron chi connectivity index (χ2n) is 5.69. The number of anilines is 2. The number of hydrogen-bond donors (Lipinski definition) is 1. The maximum absolute atomic E-state index is 13.4. The number of nitrogens with zero attached hydrogens (tertiary/aromatic N) is 2. The predicted octanol–water partition coefficient (Wildman–Crippen LogP) is 4.95. The molecule has 26 heavy (non-hydrogen) atoms. The number of aryl methyl sites for hydroxylation is 2. The fourth-order valence-electron chi connectivity index (χ4n) is 2.52. The summed E-state index contributed by atoms with van der Waals surface area (Å²) in [5.41, 5.74) is 1.66. The smallest absolute Gasteiger partial charge is 0.313 e. The number of carbonyl (C=O) groups is 1. The first-order valence-corrected chi connectivity index (χ1v) is 9.22. The molecule has 3 aromatic rings. The van der Waals surface area contributed by atoms with Crippen LogP contribution < -0.4 is 5.32 Å². The van der Waals surface area contributed by atoms with Gasteiger partial charge in [0, 0.05) is 10.6 Å². The Kier molecular flexibility index (Phi) is 5.38. The topological polar surface area (TPSA) is 64.1 Å². The molecule has 0 atom stereocenters. The summed E-state index contributed by atoms with van der Waals surface area (Å²) in [6.45, 7) is 6.05. The number of rotatable bonds is 5. The Morgan fingerprint density at radius 1 is 1.35 bits per heavy atom. The lowest BCUT2D eigenvalue weighted by Gasteiger charge is -2.10. The van der Waals surface area contributed by atoms with Crippen molar-refractivity contribution in [3.05, 3.63) is 45.3 Å². The largest absolute Gasteiger partial charge is 0.466 e. The van der Waals surface area contributed by atoms with Gasteiger partial charge in [-0.1, -0.05) is 11.6 Å². The number of benzene rings is 1. The molecule has 8 heteroatoms. The van der Waals surface area contributed by atoms with Gasteiger partial charge in [0.1, 0.15) is 28.7 Å². The standard InChI is InChI=1S/C18H17ClFN3O2S/c1-4-25-15(24)8-14-22-17(16-9(2)10(3)26-18(16)23-14)21-11-5-6-13(20)12(19)7-11/h5-7H,4,8H2,1-3H3,(H,21,22,23). The third-order valence-electron chi connectivity index (χ3n) is 3.87. The van der Waals surface area contributed by atoms with Crippen LogP contribution >= 0.6 is 22.9 Å². The molecule has 0 aliphatic rings. The highest BCUT2D eigenvalue weighted by atomic mass is 35.5. The van der Waals surface area contributed by atoms with Gasteiger partial charge in [-0.05, 0) is 44.5 Å². The molecule has 0 aliphatic heterocycles. The number of ether oxygens (including phenoxy) is 1. The van der Waals surface area contributed by atoms with E-state index < -0.39 is 5.82 Å². The normalized spacial score (nSPS) is 11.0. The third kappa shape index (κ3) is 3.78. The molecule has 136 valence electrons. The van der Waals surface area contributed by atoms with E-state index in [-0.39, 0.29) is 17.4 Å². The maximum atomic E-state index is 13.4. The van der Waals surface area contributed by atoms with Gasteiger partial charge in [-0.3, -0.25) is 4.79 Å². The Morgan fingerprint density at radius 3 is 2.81 bits per heavy atom. The van der Waals surface area contributed by atoms with Crippen molar-refractivity contribution in [3.63, 3.8) is 0 Å². The minimum Gasteiger partial charge on any atom is -0.466 e. The van der Waals surface area contributed by atoms with Crippen LogP contribution in [0.4, 0.5) is 15.9 Å². The van der Waals surface area contributed by atoms with E-state index in [9.17, 15) is 9.18 Å². The highest BCUT2D eigenvalue weighted by Gasteiger charge is 2.17. The molecular formula is C18H17ClFN3O2S. The van der Waals surface area contributed by atoms with Crippen LogP contribution in [0.3, 0.4) is 0 Å². The molecule has 0 fully saturated rings. The number of esters is 1. The minimum atomic E-state index is -0.490. The number of thiophene rings is 1. The number of hydrogen-bond acceptors (Lipinski definition) is 6. The van der Waals surface area contributed by atoms with Gasteiger partial charge in [0.2, 0.25) is 0 Å². The van der Waals surface area contributed by atoms with Gasteiger partial charge >= 0.3 is 5.97 Å². The van der Waals surface area contributed by atoms with Crippen molar-refractivity contribution in [2.45, 2.75) is 27.2 Å². The second-order valence-corrected chi connectivity index (χ2v) is 7.30. The van der Waals surface area contributed by atoms with Gasteiger partial charge in [0.25, 0.3) is 0 Å². The van der Waals surface area contributed by atoms with Gasteiger partial charge in [0.05, 0.1) is 17.0 Å². The average molecular weight is 394 g/mol. The summed E-state index contributed by atoms with van der Waals surface area (Å²) in [6, 6.07) is 4.35. The van der Waals surface area contributed by atoms with Crippen LogP contribution in [0.1, 0.15) is 23.2 Å². The van der Waals surface area contributed by atoms with Crippen LogP contribution in [0.5, 0.6) is 0 Å². The molecule has 0 aliphatic carbocycles. The zero-order valence-electron chi connectivity index (χ0n) is 14.5. The van der Waals surface area contributed by atoms with E-state index in [1.54, 1.807) is 13.0 Å². The first kappa shape index (κ1) is 18.5. The van der Waals surface area contributed by atoms with Crippen molar-refractivity contribution in [2.75, 3.05) is 11.9 Å². The molecule has 5 nitrogen and oxygen atoms in total. The highest BCUT2D eigenvalue weighted by molar-refractivity contribution is 7.18. The molecule has 2 heterocycles. The fourth-order valence-corrected chi connectivity index (χ4v) is 3.74. The summed E-state index contributed by atoms with van der Waals surface area (Å²) < 4.78 is 18.4. The Balaban J connectivity index is 2.05. The number of fused-ring (bicyclic) bond motifs is 1. The first-order valence-electron chi connectivity index (χ1n) is 8.03. The van der Waals surface area contributed by atoms with Gasteiger partial charge in [0.15, 0.2) is 0 Å². The van der Waals surface area contributed by atoms with Crippen LogP contribution in [-0.2, 0) is 16.0 Å². The molecule has 1 N–H and O–H groups in total. The van der Waals surface area contributed by atoms with Gasteiger partial charge in [-0.2, -0.15) is 0 Å². The lowest BCUT2D eigenvalue weighted by atomic mass is 10.2. The van der Waals surface area contributed by atoms with E-state index in [0.717, 1.165) is 20.7 Å². The Morgan fingerprint density at radius 2 is 2.12 bits per heavy atom. The Hall–Kier alpha value is -2.25. The van der Waals surface area contributed by atoms with Crippen molar-refractivity contribution in [1.82, 2.24) is 9.97 Å². The van der Waals surface area contributed by atoms with E-state index in [2.05, 4.69) is 15.3 Å². The number of nitrogens with one attached hydrogen (secondary N) is 1. The van der Waals surface area contributed by atoms with Crippen LogP contribution in [0.2, 0.25) is 5.02 Å². The molecule has 3 rings (SSSR count). The molecule has 0 radical (unpaired) electrons. The van der Waals surface area contributed by atoms with Gasteiger partial charge in [-0.25, -0.2) is 14.4 Å². The van der Waals surface area contributed by atoms with Gasteiger partial charge in [-0.15, -0.1) is 11.3 Å². The molecule has 2 aromatic heterocycles. The van der Waals surface area contributed by atoms with Crippen molar-refractivity contribution in [3.8, 4) is 0 Å². The molecule has 1 aromatic carbocycles. The SMILES string of the molecule is CCOC(=O)Cc1nc(Nc2ccc(F)c(Cl)c2)c2c(C)c(C)sc2n1. The van der Waals surface area contributed by atoms with Crippen LogP contribution in [0.25, 0.3) is 10.2 Å². The fraction of sp³-hybridized carbons (Fsp3) is 0.278. The summed E-state index contributed by atoms with van der Waals surface area (Å²) >= 11 is 7.40. The molecular weight excluding hydrogens is 377 g/mol. The summed E-state index contributed by atoms with van der Waals surface area (Å²) in [6.07, 6.45) is -0.0152. The maximum Gasteiger partial charge on any atom is 0.313 e. The monoisotopic (exact) mass is 393 g/mol. The molecule has 0 saturated heterocycles. The van der Waals surface area contributed by atoms with Crippen molar-refractivity contribution < 1.29 is 13.9 Å². The average Bonchev–Trinajstić information content (AvgIpc) is 2.86. The van der Waals surface area contributed by atoms with Crippen LogP contribution in [-0.4, -0.2) is 22.5 Å². The molecule has 0 bridgehead atoms. The minimum absolute atomic E-state index is 0.0152. The number of aromatic nitrogens is 2. The Bertz CT molecular complexity index is 990. The predicted molar refractivity (Wildman–Crippen MR) is 102 cm³/mol. The zero-order chi connectivity index (χ0) is 18.8. The van der Waals surface area contributed by atoms with Crippen molar-refractivity contribution in [2.24, 2.45) is 0 Å². The van der Waals surface area contributed by atoms with E-state index in [1.165, 1.54) is 23.5 Å². The number of halogens is 2. The molecule has 0 spiro atoms. The van der Waals surface area contributed by atoms with E-state index in [1.807, 2.05) is 13.8 Å². The van der Waals surface area contributed by atoms with Crippen LogP contribution in [0, 0.1) is 19.7 Å².